The van der Waals surface area contributed by atoms with Crippen LogP contribution in [0.3, 0.4) is 0 Å². The summed E-state index contributed by atoms with van der Waals surface area (Å²) in [7, 11) is -3.59. The Morgan fingerprint density at radius 3 is 2.46 bits per heavy atom. The van der Waals surface area contributed by atoms with E-state index in [-0.39, 0.29) is 10.8 Å². The molecule has 10 heteroatoms. The van der Waals surface area contributed by atoms with Crippen molar-refractivity contribution in [1.82, 2.24) is 29.4 Å². The van der Waals surface area contributed by atoms with Crippen LogP contribution in [0.15, 0.2) is 35.5 Å². The number of nitrogens with zero attached hydrogens (tertiary/aromatic N) is 6. The molecule has 128 valence electrons. The zero-order valence-electron chi connectivity index (χ0n) is 13.2. The molecule has 1 aromatic heterocycles. The number of amides is 1. The van der Waals surface area contributed by atoms with Crippen LogP contribution in [0.25, 0.3) is 5.69 Å². The van der Waals surface area contributed by atoms with Gasteiger partial charge in [0.25, 0.3) is 0 Å². The van der Waals surface area contributed by atoms with E-state index in [9.17, 15) is 13.2 Å². The number of carbonyl (C=O) groups is 1. The first-order valence-corrected chi connectivity index (χ1v) is 9.01. The third-order valence-corrected chi connectivity index (χ3v) is 5.90. The number of aromatic nitrogens is 4. The van der Waals surface area contributed by atoms with Crippen molar-refractivity contribution in [3.63, 3.8) is 0 Å². The summed E-state index contributed by atoms with van der Waals surface area (Å²) >= 11 is 0. The minimum Gasteiger partial charge on any atom is -0.342 e. The van der Waals surface area contributed by atoms with E-state index in [4.69, 9.17) is 0 Å². The molecule has 9 nitrogen and oxygen atoms in total. The van der Waals surface area contributed by atoms with Crippen LogP contribution in [-0.2, 0) is 14.8 Å². The highest BCUT2D eigenvalue weighted by atomic mass is 32.2. The summed E-state index contributed by atoms with van der Waals surface area (Å²) in [5.74, 6) is -0.0277. The van der Waals surface area contributed by atoms with Crippen LogP contribution in [0.1, 0.15) is 13.3 Å². The molecule has 0 unspecified atom stereocenters. The van der Waals surface area contributed by atoms with Crippen LogP contribution in [0.4, 0.5) is 0 Å². The molecule has 1 fully saturated rings. The summed E-state index contributed by atoms with van der Waals surface area (Å²) in [4.78, 5) is 13.4. The predicted molar refractivity (Wildman–Crippen MR) is 84.8 cm³/mol. The van der Waals surface area contributed by atoms with Gasteiger partial charge in [0, 0.05) is 33.1 Å². The Morgan fingerprint density at radius 1 is 1.08 bits per heavy atom. The standard InChI is InChI=1S/C14H18N6O3S/c1-12(21)18-7-2-8-19(10-9-18)24(22,23)14-5-3-13(4-6-14)20-11-15-16-17-20/h3-6,11H,2,7-10H2,1H3. The third kappa shape index (κ3) is 3.29. The number of benzene rings is 1. The normalized spacial score (nSPS) is 16.8. The fourth-order valence-corrected chi connectivity index (χ4v) is 4.12. The molecule has 0 atom stereocenters. The Balaban J connectivity index is 1.79. The predicted octanol–water partition coefficient (Wildman–Crippen LogP) is -0.0948. The van der Waals surface area contributed by atoms with Gasteiger partial charge in [0.1, 0.15) is 6.33 Å². The average Bonchev–Trinajstić information content (AvgIpc) is 2.98. The van der Waals surface area contributed by atoms with Crippen molar-refractivity contribution in [1.29, 1.82) is 0 Å². The SMILES string of the molecule is CC(=O)N1CCCN(S(=O)(=O)c2ccc(-n3cnnn3)cc2)CC1. The Labute approximate surface area is 139 Å². The van der Waals surface area contributed by atoms with Gasteiger partial charge in [-0.25, -0.2) is 13.1 Å². The molecule has 2 heterocycles. The fraction of sp³-hybridized carbons (Fsp3) is 0.429. The third-order valence-electron chi connectivity index (χ3n) is 3.99. The van der Waals surface area contributed by atoms with Crippen LogP contribution in [0.5, 0.6) is 0 Å². The molecule has 1 aliphatic rings. The van der Waals surface area contributed by atoms with Crippen molar-refractivity contribution < 1.29 is 13.2 Å². The number of carbonyl (C=O) groups excluding carboxylic acids is 1. The lowest BCUT2D eigenvalue weighted by molar-refractivity contribution is -0.128. The van der Waals surface area contributed by atoms with Gasteiger partial charge in [-0.2, -0.15) is 4.31 Å². The van der Waals surface area contributed by atoms with Gasteiger partial charge >= 0.3 is 0 Å². The van der Waals surface area contributed by atoms with E-state index in [2.05, 4.69) is 15.5 Å². The first-order valence-electron chi connectivity index (χ1n) is 7.57. The molecule has 24 heavy (non-hydrogen) atoms. The monoisotopic (exact) mass is 350 g/mol. The summed E-state index contributed by atoms with van der Waals surface area (Å²) in [6.45, 7) is 3.20. The topological polar surface area (TPSA) is 101 Å². The molecular weight excluding hydrogens is 332 g/mol. The average molecular weight is 350 g/mol. The molecule has 1 aromatic carbocycles. The molecule has 2 aromatic rings. The first-order chi connectivity index (χ1) is 11.5. The number of hydrogen-bond acceptors (Lipinski definition) is 6. The van der Waals surface area contributed by atoms with E-state index < -0.39 is 10.0 Å². The maximum absolute atomic E-state index is 12.8. The van der Waals surface area contributed by atoms with E-state index in [1.54, 1.807) is 29.2 Å². The van der Waals surface area contributed by atoms with Crippen LogP contribution in [0.2, 0.25) is 0 Å². The van der Waals surface area contributed by atoms with Crippen molar-refractivity contribution in [2.45, 2.75) is 18.2 Å². The number of tetrazole rings is 1. The van der Waals surface area contributed by atoms with E-state index in [0.717, 1.165) is 0 Å². The van der Waals surface area contributed by atoms with Crippen LogP contribution in [-0.4, -0.2) is 69.9 Å². The minimum atomic E-state index is -3.59. The lowest BCUT2D eigenvalue weighted by Gasteiger charge is -2.21. The van der Waals surface area contributed by atoms with E-state index in [0.29, 0.717) is 38.3 Å². The van der Waals surface area contributed by atoms with Gasteiger partial charge in [0.15, 0.2) is 0 Å². The second kappa shape index (κ2) is 6.65. The molecule has 0 radical (unpaired) electrons. The van der Waals surface area contributed by atoms with Gasteiger partial charge in [-0.15, -0.1) is 5.10 Å². The summed E-state index contributed by atoms with van der Waals surface area (Å²) in [6.07, 6.45) is 2.07. The van der Waals surface area contributed by atoms with Gasteiger partial charge in [-0.3, -0.25) is 4.79 Å². The van der Waals surface area contributed by atoms with Crippen LogP contribution in [0, 0.1) is 0 Å². The van der Waals surface area contributed by atoms with Crippen molar-refractivity contribution in [2.24, 2.45) is 0 Å². The van der Waals surface area contributed by atoms with Gasteiger partial charge in [0.2, 0.25) is 15.9 Å². The number of rotatable bonds is 3. The summed E-state index contributed by atoms with van der Waals surface area (Å²) < 4.78 is 28.5. The first kappa shape index (κ1) is 16.5. The summed E-state index contributed by atoms with van der Waals surface area (Å²) in [5, 5.41) is 10.9. The Bertz CT molecular complexity index is 804. The van der Waals surface area contributed by atoms with Crippen LogP contribution >= 0.6 is 0 Å². The zero-order chi connectivity index (χ0) is 17.2. The Morgan fingerprint density at radius 2 is 1.83 bits per heavy atom. The minimum absolute atomic E-state index is 0.0277. The van der Waals surface area contributed by atoms with Crippen molar-refractivity contribution in [3.05, 3.63) is 30.6 Å². The molecule has 0 aliphatic carbocycles. The molecule has 1 amide bonds. The molecule has 0 bridgehead atoms. The van der Waals surface area contributed by atoms with Crippen molar-refractivity contribution in [2.75, 3.05) is 26.2 Å². The fourth-order valence-electron chi connectivity index (χ4n) is 2.65. The Kier molecular flexibility index (Phi) is 4.58. The second-order valence-electron chi connectivity index (χ2n) is 5.51. The van der Waals surface area contributed by atoms with Crippen LogP contribution < -0.4 is 0 Å². The Hall–Kier alpha value is -2.33. The molecule has 3 rings (SSSR count). The van der Waals surface area contributed by atoms with E-state index in [1.165, 1.54) is 22.2 Å². The molecular formula is C14H18N6O3S. The smallest absolute Gasteiger partial charge is 0.243 e. The maximum Gasteiger partial charge on any atom is 0.243 e. The number of hydrogen-bond donors (Lipinski definition) is 0. The van der Waals surface area contributed by atoms with Gasteiger partial charge in [0.05, 0.1) is 10.6 Å². The largest absolute Gasteiger partial charge is 0.342 e. The molecule has 0 saturated carbocycles. The van der Waals surface area contributed by atoms with E-state index in [1.807, 2.05) is 0 Å². The highest BCUT2D eigenvalue weighted by Gasteiger charge is 2.27. The highest BCUT2D eigenvalue weighted by molar-refractivity contribution is 7.89. The second-order valence-corrected chi connectivity index (χ2v) is 7.45. The maximum atomic E-state index is 12.8. The summed E-state index contributed by atoms with van der Waals surface area (Å²) in [5.41, 5.74) is 0.678. The van der Waals surface area contributed by atoms with Crippen molar-refractivity contribution in [3.8, 4) is 5.69 Å². The quantitative estimate of drug-likeness (QED) is 0.766. The molecule has 0 spiro atoms. The van der Waals surface area contributed by atoms with Gasteiger partial charge in [-0.1, -0.05) is 0 Å². The summed E-state index contributed by atoms with van der Waals surface area (Å²) in [6, 6.07) is 6.39. The molecule has 0 N–H and O–H groups in total. The zero-order valence-corrected chi connectivity index (χ0v) is 14.1. The van der Waals surface area contributed by atoms with Crippen molar-refractivity contribution >= 4 is 15.9 Å². The molecule has 1 aliphatic heterocycles. The van der Waals surface area contributed by atoms with E-state index >= 15 is 0 Å². The van der Waals surface area contributed by atoms with Gasteiger partial charge < -0.3 is 4.90 Å². The highest BCUT2D eigenvalue weighted by Crippen LogP contribution is 2.19. The number of sulfonamides is 1. The lowest BCUT2D eigenvalue weighted by atomic mass is 10.3. The van der Waals surface area contributed by atoms with Gasteiger partial charge in [-0.05, 0) is 41.1 Å². The lowest BCUT2D eigenvalue weighted by Crippen LogP contribution is -2.36. The molecule has 1 saturated heterocycles.